The maximum absolute atomic E-state index is 11.3. The number of hydrogen-bond donors (Lipinski definition) is 1. The second kappa shape index (κ2) is 5.82. The van der Waals surface area contributed by atoms with Gasteiger partial charge in [-0.25, -0.2) is 19.3 Å². The Labute approximate surface area is 131 Å². The normalized spacial score (nSPS) is 15.4. The van der Waals surface area contributed by atoms with E-state index < -0.39 is 11.6 Å². The number of aliphatic hydroxyl groups is 1. The van der Waals surface area contributed by atoms with Crippen molar-refractivity contribution in [2.24, 2.45) is 0 Å². The van der Waals surface area contributed by atoms with Crippen molar-refractivity contribution < 1.29 is 5.11 Å². The van der Waals surface area contributed by atoms with Gasteiger partial charge in [-0.1, -0.05) is 11.6 Å². The summed E-state index contributed by atoms with van der Waals surface area (Å²) in [4.78, 5) is 12.1. The SMILES string of the molecule is CC(n1cncn1)C(O)(Cn1cncn1)c1ccc(Cl)cn1. The highest BCUT2D eigenvalue weighted by Gasteiger charge is 2.39. The second-order valence-electron chi connectivity index (χ2n) is 4.93. The van der Waals surface area contributed by atoms with Crippen LogP contribution in [0.1, 0.15) is 18.7 Å². The van der Waals surface area contributed by atoms with Crippen molar-refractivity contribution >= 4 is 11.6 Å². The zero-order valence-corrected chi connectivity index (χ0v) is 12.5. The lowest BCUT2D eigenvalue weighted by Crippen LogP contribution is -2.40. The van der Waals surface area contributed by atoms with E-state index >= 15 is 0 Å². The molecule has 0 saturated heterocycles. The molecule has 3 heterocycles. The highest BCUT2D eigenvalue weighted by molar-refractivity contribution is 6.30. The van der Waals surface area contributed by atoms with Crippen LogP contribution in [-0.2, 0) is 12.1 Å². The molecule has 114 valence electrons. The molecule has 0 aromatic carbocycles. The van der Waals surface area contributed by atoms with E-state index in [9.17, 15) is 5.11 Å². The van der Waals surface area contributed by atoms with Crippen molar-refractivity contribution in [2.45, 2.75) is 25.1 Å². The average molecular weight is 320 g/mol. The van der Waals surface area contributed by atoms with E-state index in [-0.39, 0.29) is 6.54 Å². The smallest absolute Gasteiger partial charge is 0.148 e. The summed E-state index contributed by atoms with van der Waals surface area (Å²) in [5.74, 6) is 0. The average Bonchev–Trinajstić information content (AvgIpc) is 3.20. The first-order valence-electron chi connectivity index (χ1n) is 6.60. The van der Waals surface area contributed by atoms with Gasteiger partial charge in [-0.3, -0.25) is 4.98 Å². The van der Waals surface area contributed by atoms with Gasteiger partial charge >= 0.3 is 0 Å². The maximum atomic E-state index is 11.3. The molecule has 0 amide bonds. The fourth-order valence-corrected chi connectivity index (χ4v) is 2.37. The van der Waals surface area contributed by atoms with E-state index in [1.807, 2.05) is 6.92 Å². The van der Waals surface area contributed by atoms with Crippen molar-refractivity contribution in [2.75, 3.05) is 0 Å². The Kier molecular flexibility index (Phi) is 3.86. The van der Waals surface area contributed by atoms with Gasteiger partial charge in [0.05, 0.1) is 23.3 Å². The number of pyridine rings is 1. The molecular formula is C13H14ClN7O. The third-order valence-electron chi connectivity index (χ3n) is 3.57. The lowest BCUT2D eigenvalue weighted by molar-refractivity contribution is -0.0378. The second-order valence-corrected chi connectivity index (χ2v) is 5.37. The van der Waals surface area contributed by atoms with Crippen molar-refractivity contribution in [1.29, 1.82) is 0 Å². The minimum atomic E-state index is -1.36. The summed E-state index contributed by atoms with van der Waals surface area (Å²) < 4.78 is 3.12. The summed E-state index contributed by atoms with van der Waals surface area (Å²) in [5.41, 5.74) is -0.887. The van der Waals surface area contributed by atoms with Gasteiger partial charge in [0.25, 0.3) is 0 Å². The molecule has 3 rings (SSSR count). The summed E-state index contributed by atoms with van der Waals surface area (Å²) in [6.07, 6.45) is 7.41. The van der Waals surface area contributed by atoms with Crippen molar-refractivity contribution in [3.63, 3.8) is 0 Å². The molecule has 22 heavy (non-hydrogen) atoms. The molecule has 2 unspecified atom stereocenters. The molecule has 0 radical (unpaired) electrons. The molecule has 8 nitrogen and oxygen atoms in total. The molecule has 9 heteroatoms. The highest BCUT2D eigenvalue weighted by atomic mass is 35.5. The maximum Gasteiger partial charge on any atom is 0.148 e. The number of nitrogens with zero attached hydrogens (tertiary/aromatic N) is 7. The van der Waals surface area contributed by atoms with E-state index in [0.717, 1.165) is 0 Å². The fraction of sp³-hybridized carbons (Fsp3) is 0.308. The van der Waals surface area contributed by atoms with Gasteiger partial charge in [-0.2, -0.15) is 10.2 Å². The predicted octanol–water partition coefficient (Wildman–Crippen LogP) is 1.07. The van der Waals surface area contributed by atoms with Crippen LogP contribution in [0.3, 0.4) is 0 Å². The van der Waals surface area contributed by atoms with Crippen LogP contribution in [0, 0.1) is 0 Å². The Bertz CT molecular complexity index is 713. The van der Waals surface area contributed by atoms with Crippen molar-refractivity contribution in [3.05, 3.63) is 54.4 Å². The summed E-state index contributed by atoms with van der Waals surface area (Å²) >= 11 is 5.88. The molecule has 0 spiro atoms. The fourth-order valence-electron chi connectivity index (χ4n) is 2.26. The Morgan fingerprint density at radius 2 is 2.00 bits per heavy atom. The first kappa shape index (κ1) is 14.6. The van der Waals surface area contributed by atoms with Crippen LogP contribution in [0.4, 0.5) is 0 Å². The van der Waals surface area contributed by atoms with Gasteiger partial charge in [-0.15, -0.1) is 0 Å². The van der Waals surface area contributed by atoms with Crippen molar-refractivity contribution in [3.8, 4) is 0 Å². The number of halogens is 1. The van der Waals surface area contributed by atoms with E-state index in [2.05, 4.69) is 25.1 Å². The summed E-state index contributed by atoms with van der Waals surface area (Å²) in [7, 11) is 0. The molecular weight excluding hydrogens is 306 g/mol. The van der Waals surface area contributed by atoms with Crippen LogP contribution in [-0.4, -0.2) is 39.6 Å². The Morgan fingerprint density at radius 3 is 2.59 bits per heavy atom. The number of aromatic nitrogens is 7. The highest BCUT2D eigenvalue weighted by Crippen LogP contribution is 2.33. The lowest BCUT2D eigenvalue weighted by Gasteiger charge is -2.33. The van der Waals surface area contributed by atoms with E-state index in [1.54, 1.807) is 27.8 Å². The monoisotopic (exact) mass is 319 g/mol. The number of rotatable bonds is 5. The molecule has 3 aromatic rings. The van der Waals surface area contributed by atoms with Crippen molar-refractivity contribution in [1.82, 2.24) is 34.5 Å². The molecule has 0 fully saturated rings. The van der Waals surface area contributed by atoms with E-state index in [0.29, 0.717) is 10.7 Å². The van der Waals surface area contributed by atoms with Gasteiger partial charge in [0.2, 0.25) is 0 Å². The molecule has 1 N–H and O–H groups in total. The largest absolute Gasteiger partial charge is 0.379 e. The van der Waals surface area contributed by atoms with Crippen LogP contribution >= 0.6 is 11.6 Å². The molecule has 2 atom stereocenters. The molecule has 0 bridgehead atoms. The topological polar surface area (TPSA) is 94.5 Å². The van der Waals surface area contributed by atoms with E-state index in [4.69, 9.17) is 11.6 Å². The third-order valence-corrected chi connectivity index (χ3v) is 3.79. The van der Waals surface area contributed by atoms with Crippen LogP contribution in [0.25, 0.3) is 0 Å². The Hall–Kier alpha value is -2.32. The number of hydrogen-bond acceptors (Lipinski definition) is 6. The Balaban J connectivity index is 2.02. The molecule has 0 aliphatic carbocycles. The third kappa shape index (κ3) is 2.70. The summed E-state index contributed by atoms with van der Waals surface area (Å²) in [6.45, 7) is 2.00. The summed E-state index contributed by atoms with van der Waals surface area (Å²) in [5, 5.41) is 20.0. The minimum absolute atomic E-state index is 0.169. The summed E-state index contributed by atoms with van der Waals surface area (Å²) in [6, 6.07) is 2.95. The quantitative estimate of drug-likeness (QED) is 0.756. The van der Waals surface area contributed by atoms with Crippen LogP contribution in [0.15, 0.2) is 43.6 Å². The first-order valence-corrected chi connectivity index (χ1v) is 6.98. The van der Waals surface area contributed by atoms with E-state index in [1.165, 1.54) is 25.2 Å². The van der Waals surface area contributed by atoms with Gasteiger partial charge in [0, 0.05) is 6.20 Å². The lowest BCUT2D eigenvalue weighted by atomic mass is 9.91. The minimum Gasteiger partial charge on any atom is -0.379 e. The zero-order valence-electron chi connectivity index (χ0n) is 11.8. The van der Waals surface area contributed by atoms with Crippen LogP contribution in [0.2, 0.25) is 5.02 Å². The Morgan fingerprint density at radius 1 is 1.23 bits per heavy atom. The molecule has 0 saturated carbocycles. The van der Waals surface area contributed by atoms with Gasteiger partial charge in [-0.05, 0) is 19.1 Å². The predicted molar refractivity (Wildman–Crippen MR) is 77.9 cm³/mol. The standard InChI is InChI=1S/C13H14ClN7O/c1-10(21-9-16-7-19-21)13(22,5-20-8-15-6-18-20)12-3-2-11(14)4-17-12/h2-4,6-10,22H,5H2,1H3. The molecule has 3 aromatic heterocycles. The molecule has 0 aliphatic heterocycles. The molecule has 0 aliphatic rings. The zero-order chi connectivity index (χ0) is 15.6. The first-order chi connectivity index (χ1) is 10.6. The van der Waals surface area contributed by atoms with Gasteiger partial charge in [0.1, 0.15) is 30.9 Å². The van der Waals surface area contributed by atoms with Gasteiger partial charge in [0.15, 0.2) is 0 Å². The van der Waals surface area contributed by atoms with Gasteiger partial charge < -0.3 is 5.11 Å². The van der Waals surface area contributed by atoms with Crippen LogP contribution in [0.5, 0.6) is 0 Å². The van der Waals surface area contributed by atoms with Crippen LogP contribution < -0.4 is 0 Å².